The average molecular weight is 295 g/mol. The Morgan fingerprint density at radius 1 is 1.35 bits per heavy atom. The van der Waals surface area contributed by atoms with Crippen LogP contribution >= 0.6 is 11.6 Å². The highest BCUT2D eigenvalue weighted by molar-refractivity contribution is 6.33. The van der Waals surface area contributed by atoms with Crippen LogP contribution in [0.25, 0.3) is 0 Å². The maximum Gasteiger partial charge on any atom is 0.0642 e. The lowest BCUT2D eigenvalue weighted by molar-refractivity contribution is 0.485. The Kier molecular flexibility index (Phi) is 5.74. The van der Waals surface area contributed by atoms with Gasteiger partial charge in [-0.2, -0.15) is 0 Å². The Morgan fingerprint density at radius 3 is 2.80 bits per heavy atom. The Labute approximate surface area is 128 Å². The fourth-order valence-electron chi connectivity index (χ4n) is 2.85. The molecule has 1 N–H and O–H groups in total. The van der Waals surface area contributed by atoms with Crippen molar-refractivity contribution in [2.75, 3.05) is 18.0 Å². The maximum absolute atomic E-state index is 6.50. The third kappa shape index (κ3) is 4.13. The molecule has 1 aliphatic rings. The third-order valence-electron chi connectivity index (χ3n) is 4.01. The standard InChI is InChI=1S/C17H27ClN2/c1-13(2)11-19-12-15-7-8-17(16(18)10-15)20-9-5-4-6-14(20)3/h7-8,10,13-14,19H,4-6,9,11-12H2,1-3H3. The van der Waals surface area contributed by atoms with E-state index in [4.69, 9.17) is 11.6 Å². The van der Waals surface area contributed by atoms with Gasteiger partial charge in [-0.3, -0.25) is 0 Å². The molecule has 0 radical (unpaired) electrons. The summed E-state index contributed by atoms with van der Waals surface area (Å²) in [6.45, 7) is 9.82. The van der Waals surface area contributed by atoms with E-state index >= 15 is 0 Å². The monoisotopic (exact) mass is 294 g/mol. The zero-order valence-electron chi connectivity index (χ0n) is 13.0. The molecule has 2 rings (SSSR count). The SMILES string of the molecule is CC(C)CNCc1ccc(N2CCCCC2C)c(Cl)c1. The predicted molar refractivity (Wildman–Crippen MR) is 88.7 cm³/mol. The van der Waals surface area contributed by atoms with Gasteiger partial charge in [0.2, 0.25) is 0 Å². The van der Waals surface area contributed by atoms with E-state index in [0.717, 1.165) is 24.7 Å². The summed E-state index contributed by atoms with van der Waals surface area (Å²) in [5.74, 6) is 0.680. The van der Waals surface area contributed by atoms with E-state index in [1.807, 2.05) is 0 Å². The molecular formula is C17H27ClN2. The normalized spacial score (nSPS) is 19.6. The van der Waals surface area contributed by atoms with Gasteiger partial charge in [-0.1, -0.05) is 31.5 Å². The highest BCUT2D eigenvalue weighted by Gasteiger charge is 2.20. The van der Waals surface area contributed by atoms with E-state index in [9.17, 15) is 0 Å². The van der Waals surface area contributed by atoms with Crippen LogP contribution in [0, 0.1) is 5.92 Å². The minimum atomic E-state index is 0.603. The lowest BCUT2D eigenvalue weighted by Crippen LogP contribution is -2.37. The summed E-state index contributed by atoms with van der Waals surface area (Å²) in [5, 5.41) is 4.36. The molecule has 1 atom stereocenters. The number of anilines is 1. The largest absolute Gasteiger partial charge is 0.368 e. The van der Waals surface area contributed by atoms with E-state index in [-0.39, 0.29) is 0 Å². The highest BCUT2D eigenvalue weighted by Crippen LogP contribution is 2.31. The van der Waals surface area contributed by atoms with Gasteiger partial charge < -0.3 is 10.2 Å². The van der Waals surface area contributed by atoms with Crippen LogP contribution in [0.3, 0.4) is 0 Å². The second kappa shape index (κ2) is 7.33. The van der Waals surface area contributed by atoms with Gasteiger partial charge in [-0.15, -0.1) is 0 Å². The first-order valence-corrected chi connectivity index (χ1v) is 8.21. The molecule has 1 aromatic rings. The van der Waals surface area contributed by atoms with Gasteiger partial charge in [-0.05, 0) is 56.3 Å². The van der Waals surface area contributed by atoms with Crippen molar-refractivity contribution < 1.29 is 0 Å². The van der Waals surface area contributed by atoms with Gasteiger partial charge in [0.25, 0.3) is 0 Å². The van der Waals surface area contributed by atoms with Gasteiger partial charge in [-0.25, -0.2) is 0 Å². The first-order valence-electron chi connectivity index (χ1n) is 7.83. The van der Waals surface area contributed by atoms with E-state index in [2.05, 4.69) is 49.2 Å². The number of halogens is 1. The minimum absolute atomic E-state index is 0.603. The Balaban J connectivity index is 2.01. The number of hydrogen-bond donors (Lipinski definition) is 1. The average Bonchev–Trinajstić information content (AvgIpc) is 2.40. The topological polar surface area (TPSA) is 15.3 Å². The highest BCUT2D eigenvalue weighted by atomic mass is 35.5. The third-order valence-corrected chi connectivity index (χ3v) is 4.31. The molecule has 2 nitrogen and oxygen atoms in total. The fraction of sp³-hybridized carbons (Fsp3) is 0.647. The minimum Gasteiger partial charge on any atom is -0.368 e. The summed E-state index contributed by atoms with van der Waals surface area (Å²) >= 11 is 6.50. The number of hydrogen-bond acceptors (Lipinski definition) is 2. The molecule has 3 heteroatoms. The van der Waals surface area contributed by atoms with E-state index in [1.54, 1.807) is 0 Å². The fourth-order valence-corrected chi connectivity index (χ4v) is 3.17. The lowest BCUT2D eigenvalue weighted by atomic mass is 10.0. The summed E-state index contributed by atoms with van der Waals surface area (Å²) in [5.41, 5.74) is 2.47. The molecule has 20 heavy (non-hydrogen) atoms. The summed E-state index contributed by atoms with van der Waals surface area (Å²) in [6.07, 6.45) is 3.89. The molecule has 1 heterocycles. The summed E-state index contributed by atoms with van der Waals surface area (Å²) < 4.78 is 0. The van der Waals surface area contributed by atoms with Gasteiger partial charge in [0.1, 0.15) is 0 Å². The quantitative estimate of drug-likeness (QED) is 0.862. The molecule has 1 fully saturated rings. The molecule has 0 bridgehead atoms. The van der Waals surface area contributed by atoms with Crippen LogP contribution in [0.15, 0.2) is 18.2 Å². The van der Waals surface area contributed by atoms with Crippen molar-refractivity contribution in [2.45, 2.75) is 52.6 Å². The molecule has 0 aromatic heterocycles. The molecule has 112 valence electrons. The molecule has 0 spiro atoms. The van der Waals surface area contributed by atoms with Crippen molar-refractivity contribution >= 4 is 17.3 Å². The second-order valence-electron chi connectivity index (χ2n) is 6.35. The van der Waals surface area contributed by atoms with Crippen LogP contribution in [0.2, 0.25) is 5.02 Å². The maximum atomic E-state index is 6.50. The molecule has 0 amide bonds. The molecule has 0 aliphatic carbocycles. The molecule has 1 aliphatic heterocycles. The van der Waals surface area contributed by atoms with Gasteiger partial charge in [0.15, 0.2) is 0 Å². The van der Waals surface area contributed by atoms with E-state index < -0.39 is 0 Å². The first kappa shape index (κ1) is 15.7. The van der Waals surface area contributed by atoms with Crippen molar-refractivity contribution in [3.05, 3.63) is 28.8 Å². The predicted octanol–water partition coefficient (Wildman–Crippen LogP) is 4.46. The molecule has 1 saturated heterocycles. The van der Waals surface area contributed by atoms with Crippen molar-refractivity contribution in [2.24, 2.45) is 5.92 Å². The van der Waals surface area contributed by atoms with Crippen molar-refractivity contribution in [1.29, 1.82) is 0 Å². The van der Waals surface area contributed by atoms with Crippen LogP contribution < -0.4 is 10.2 Å². The number of nitrogens with zero attached hydrogens (tertiary/aromatic N) is 1. The zero-order chi connectivity index (χ0) is 14.5. The first-order chi connectivity index (χ1) is 9.58. The summed E-state index contributed by atoms with van der Waals surface area (Å²) in [6, 6.07) is 7.11. The summed E-state index contributed by atoms with van der Waals surface area (Å²) in [4.78, 5) is 2.46. The Bertz CT molecular complexity index is 431. The Morgan fingerprint density at radius 2 is 2.15 bits per heavy atom. The smallest absolute Gasteiger partial charge is 0.0642 e. The van der Waals surface area contributed by atoms with Crippen LogP contribution in [-0.4, -0.2) is 19.1 Å². The van der Waals surface area contributed by atoms with Gasteiger partial charge in [0.05, 0.1) is 10.7 Å². The lowest BCUT2D eigenvalue weighted by Gasteiger charge is -2.36. The zero-order valence-corrected chi connectivity index (χ0v) is 13.7. The van der Waals surface area contributed by atoms with Crippen LogP contribution in [-0.2, 0) is 6.54 Å². The van der Waals surface area contributed by atoms with Crippen molar-refractivity contribution in [1.82, 2.24) is 5.32 Å². The molecule has 0 saturated carbocycles. The van der Waals surface area contributed by atoms with E-state index in [0.29, 0.717) is 12.0 Å². The Hall–Kier alpha value is -0.730. The number of rotatable bonds is 5. The molecule has 1 unspecified atom stereocenters. The van der Waals surface area contributed by atoms with Crippen molar-refractivity contribution in [3.8, 4) is 0 Å². The summed E-state index contributed by atoms with van der Waals surface area (Å²) in [7, 11) is 0. The number of benzene rings is 1. The van der Waals surface area contributed by atoms with E-state index in [1.165, 1.54) is 30.5 Å². The second-order valence-corrected chi connectivity index (χ2v) is 6.76. The number of piperidine rings is 1. The van der Waals surface area contributed by atoms with Crippen LogP contribution in [0.5, 0.6) is 0 Å². The van der Waals surface area contributed by atoms with Gasteiger partial charge in [0, 0.05) is 19.1 Å². The molecular weight excluding hydrogens is 268 g/mol. The van der Waals surface area contributed by atoms with Gasteiger partial charge >= 0.3 is 0 Å². The van der Waals surface area contributed by atoms with Crippen molar-refractivity contribution in [3.63, 3.8) is 0 Å². The van der Waals surface area contributed by atoms with Crippen LogP contribution in [0.1, 0.15) is 45.6 Å². The molecule has 1 aromatic carbocycles. The van der Waals surface area contributed by atoms with Crippen LogP contribution in [0.4, 0.5) is 5.69 Å². The number of nitrogens with one attached hydrogen (secondary N) is 1.